The standard InChI is InChI=1S/C25H36N4O3/c1-4-31-21-9-5-6-10-22(21)32-23-12-11-20(17-27-23)18-28-24(26-2)29-19-25(15-16-30-3)13-7-8-14-25/h5-6,9-12,17H,4,7-8,13-16,18-19H2,1-3H3,(H2,26,28,29). The first-order valence-corrected chi connectivity index (χ1v) is 11.5. The molecule has 2 N–H and O–H groups in total. The van der Waals surface area contributed by atoms with Gasteiger partial charge in [-0.15, -0.1) is 0 Å². The number of nitrogens with zero attached hydrogens (tertiary/aromatic N) is 2. The lowest BCUT2D eigenvalue weighted by Crippen LogP contribution is -2.43. The van der Waals surface area contributed by atoms with E-state index in [0.29, 0.717) is 35.9 Å². The van der Waals surface area contributed by atoms with Crippen molar-refractivity contribution in [1.29, 1.82) is 0 Å². The van der Waals surface area contributed by atoms with E-state index in [2.05, 4.69) is 20.6 Å². The van der Waals surface area contributed by atoms with Gasteiger partial charge in [0.05, 0.1) is 6.61 Å². The Morgan fingerprint density at radius 1 is 1.09 bits per heavy atom. The number of pyridine rings is 1. The molecule has 1 saturated carbocycles. The summed E-state index contributed by atoms with van der Waals surface area (Å²) in [5.41, 5.74) is 1.36. The molecule has 32 heavy (non-hydrogen) atoms. The van der Waals surface area contributed by atoms with Gasteiger partial charge in [-0.1, -0.05) is 31.0 Å². The van der Waals surface area contributed by atoms with Crippen LogP contribution in [0.25, 0.3) is 0 Å². The number of rotatable bonds is 11. The Kier molecular flexibility index (Phi) is 9.16. The first-order chi connectivity index (χ1) is 15.7. The lowest BCUT2D eigenvalue weighted by atomic mass is 9.83. The molecule has 0 bridgehead atoms. The van der Waals surface area contributed by atoms with Gasteiger partial charge in [0.25, 0.3) is 0 Å². The van der Waals surface area contributed by atoms with Crippen LogP contribution < -0.4 is 20.1 Å². The maximum Gasteiger partial charge on any atom is 0.219 e. The van der Waals surface area contributed by atoms with Crippen LogP contribution in [0.1, 0.15) is 44.6 Å². The fraction of sp³-hybridized carbons (Fsp3) is 0.520. The number of guanidine groups is 1. The van der Waals surface area contributed by atoms with E-state index in [-0.39, 0.29) is 0 Å². The van der Waals surface area contributed by atoms with E-state index in [1.165, 1.54) is 25.7 Å². The van der Waals surface area contributed by atoms with Crippen LogP contribution in [0.3, 0.4) is 0 Å². The Labute approximate surface area is 191 Å². The van der Waals surface area contributed by atoms with Crippen LogP contribution in [-0.2, 0) is 11.3 Å². The smallest absolute Gasteiger partial charge is 0.219 e. The summed E-state index contributed by atoms with van der Waals surface area (Å²) < 4.78 is 16.8. The minimum Gasteiger partial charge on any atom is -0.490 e. The Balaban J connectivity index is 1.50. The molecule has 0 atom stereocenters. The molecule has 1 aromatic carbocycles. The molecular weight excluding hydrogens is 404 g/mol. The van der Waals surface area contributed by atoms with Crippen LogP contribution >= 0.6 is 0 Å². The molecule has 0 unspecified atom stereocenters. The third kappa shape index (κ3) is 6.85. The second-order valence-corrected chi connectivity index (χ2v) is 8.22. The number of aliphatic imine (C=N–C) groups is 1. The largest absolute Gasteiger partial charge is 0.490 e. The molecule has 1 heterocycles. The molecule has 0 saturated heterocycles. The molecule has 1 aromatic heterocycles. The fourth-order valence-corrected chi connectivity index (χ4v) is 4.13. The summed E-state index contributed by atoms with van der Waals surface area (Å²) in [7, 11) is 3.58. The van der Waals surface area contributed by atoms with Crippen LogP contribution in [0.5, 0.6) is 17.4 Å². The minimum atomic E-state index is 0.311. The number of aromatic nitrogens is 1. The van der Waals surface area contributed by atoms with Gasteiger partial charge in [-0.3, -0.25) is 4.99 Å². The van der Waals surface area contributed by atoms with Gasteiger partial charge in [-0.2, -0.15) is 0 Å². The minimum absolute atomic E-state index is 0.311. The second kappa shape index (κ2) is 12.3. The summed E-state index contributed by atoms with van der Waals surface area (Å²) in [6.45, 7) is 4.89. The molecule has 3 rings (SSSR count). The number of hydrogen-bond acceptors (Lipinski definition) is 5. The van der Waals surface area contributed by atoms with Crippen molar-refractivity contribution in [2.24, 2.45) is 10.4 Å². The van der Waals surface area contributed by atoms with Crippen LogP contribution in [0, 0.1) is 5.41 Å². The summed E-state index contributed by atoms with van der Waals surface area (Å²) >= 11 is 0. The van der Waals surface area contributed by atoms with E-state index in [0.717, 1.165) is 31.1 Å². The van der Waals surface area contributed by atoms with Crippen molar-refractivity contribution in [1.82, 2.24) is 15.6 Å². The molecule has 1 aliphatic rings. The number of ether oxygens (including phenoxy) is 3. The van der Waals surface area contributed by atoms with Crippen molar-refractivity contribution in [2.75, 3.05) is 33.9 Å². The zero-order chi connectivity index (χ0) is 22.7. The van der Waals surface area contributed by atoms with E-state index in [9.17, 15) is 0 Å². The van der Waals surface area contributed by atoms with Gasteiger partial charge in [0.2, 0.25) is 5.88 Å². The van der Waals surface area contributed by atoms with Crippen molar-refractivity contribution in [2.45, 2.75) is 45.6 Å². The van der Waals surface area contributed by atoms with Crippen molar-refractivity contribution in [3.8, 4) is 17.4 Å². The molecule has 7 heteroatoms. The number of methoxy groups -OCH3 is 1. The maximum atomic E-state index is 5.90. The van der Waals surface area contributed by atoms with Gasteiger partial charge in [0, 0.05) is 46.1 Å². The van der Waals surface area contributed by atoms with E-state index in [1.807, 2.05) is 49.5 Å². The van der Waals surface area contributed by atoms with E-state index in [1.54, 1.807) is 14.2 Å². The van der Waals surface area contributed by atoms with Crippen LogP contribution in [0.15, 0.2) is 47.6 Å². The van der Waals surface area contributed by atoms with Crippen LogP contribution in [0.4, 0.5) is 0 Å². The van der Waals surface area contributed by atoms with Crippen LogP contribution in [-0.4, -0.2) is 44.9 Å². The maximum absolute atomic E-state index is 5.90. The third-order valence-electron chi connectivity index (χ3n) is 5.98. The number of para-hydroxylation sites is 2. The Bertz CT molecular complexity index is 849. The number of benzene rings is 1. The van der Waals surface area contributed by atoms with Gasteiger partial charge >= 0.3 is 0 Å². The van der Waals surface area contributed by atoms with E-state index < -0.39 is 0 Å². The normalized spacial score (nSPS) is 15.4. The van der Waals surface area contributed by atoms with Gasteiger partial charge in [-0.05, 0) is 49.3 Å². The Morgan fingerprint density at radius 2 is 1.88 bits per heavy atom. The fourth-order valence-electron chi connectivity index (χ4n) is 4.13. The first-order valence-electron chi connectivity index (χ1n) is 11.5. The van der Waals surface area contributed by atoms with Gasteiger partial charge in [-0.25, -0.2) is 4.98 Å². The quantitative estimate of drug-likeness (QED) is 0.395. The SMILES string of the molecule is CCOc1ccccc1Oc1ccc(CNC(=NC)NCC2(CCOC)CCCC2)cn1. The lowest BCUT2D eigenvalue weighted by molar-refractivity contribution is 0.138. The molecule has 7 nitrogen and oxygen atoms in total. The average molecular weight is 441 g/mol. The molecule has 174 valence electrons. The molecule has 0 aliphatic heterocycles. The van der Waals surface area contributed by atoms with Gasteiger partial charge in [0.1, 0.15) is 0 Å². The van der Waals surface area contributed by atoms with Gasteiger partial charge < -0.3 is 24.8 Å². The summed E-state index contributed by atoms with van der Waals surface area (Å²) in [5, 5.41) is 6.90. The zero-order valence-corrected chi connectivity index (χ0v) is 19.5. The predicted molar refractivity (Wildman–Crippen MR) is 128 cm³/mol. The number of nitrogens with one attached hydrogen (secondary N) is 2. The molecule has 1 fully saturated rings. The van der Waals surface area contributed by atoms with E-state index in [4.69, 9.17) is 14.2 Å². The monoisotopic (exact) mass is 440 g/mol. The summed E-state index contributed by atoms with van der Waals surface area (Å²) in [4.78, 5) is 8.82. The summed E-state index contributed by atoms with van der Waals surface area (Å²) in [6.07, 6.45) is 8.00. The third-order valence-corrected chi connectivity index (χ3v) is 5.98. The highest BCUT2D eigenvalue weighted by molar-refractivity contribution is 5.79. The van der Waals surface area contributed by atoms with Gasteiger partial charge in [0.15, 0.2) is 17.5 Å². The summed E-state index contributed by atoms with van der Waals surface area (Å²) in [6, 6.07) is 11.5. The Hall–Kier alpha value is -2.80. The zero-order valence-electron chi connectivity index (χ0n) is 19.5. The average Bonchev–Trinajstić information content (AvgIpc) is 3.29. The highest BCUT2D eigenvalue weighted by Crippen LogP contribution is 2.40. The molecule has 0 amide bonds. The molecule has 1 aliphatic carbocycles. The van der Waals surface area contributed by atoms with Crippen molar-refractivity contribution in [3.05, 3.63) is 48.2 Å². The highest BCUT2D eigenvalue weighted by atomic mass is 16.5. The Morgan fingerprint density at radius 3 is 2.53 bits per heavy atom. The highest BCUT2D eigenvalue weighted by Gasteiger charge is 2.33. The van der Waals surface area contributed by atoms with Crippen molar-refractivity contribution < 1.29 is 14.2 Å². The first kappa shape index (κ1) is 23.9. The number of hydrogen-bond donors (Lipinski definition) is 2. The predicted octanol–water partition coefficient (Wildman–Crippen LogP) is 4.53. The van der Waals surface area contributed by atoms with E-state index >= 15 is 0 Å². The lowest BCUT2D eigenvalue weighted by Gasteiger charge is -2.30. The molecular formula is C25H36N4O3. The molecule has 0 radical (unpaired) electrons. The molecule has 0 spiro atoms. The molecule has 2 aromatic rings. The second-order valence-electron chi connectivity index (χ2n) is 8.22. The van der Waals surface area contributed by atoms with Crippen molar-refractivity contribution >= 4 is 5.96 Å². The topological polar surface area (TPSA) is 77.0 Å². The summed E-state index contributed by atoms with van der Waals surface area (Å²) in [5.74, 6) is 2.71. The van der Waals surface area contributed by atoms with Crippen LogP contribution in [0.2, 0.25) is 0 Å². The van der Waals surface area contributed by atoms with Crippen molar-refractivity contribution in [3.63, 3.8) is 0 Å².